The molecule has 0 atom stereocenters. The molecule has 1 aliphatic rings. The minimum Gasteiger partial charge on any atom is -0.349 e. The van der Waals surface area contributed by atoms with E-state index in [9.17, 15) is 4.79 Å². The van der Waals surface area contributed by atoms with Crippen molar-refractivity contribution >= 4 is 22.9 Å². The van der Waals surface area contributed by atoms with E-state index >= 15 is 0 Å². The van der Waals surface area contributed by atoms with E-state index in [1.807, 2.05) is 18.2 Å². The Labute approximate surface area is 150 Å². The molecule has 0 bridgehead atoms. The fraction of sp³-hybridized carbons (Fsp3) is 0.353. The molecule has 0 aromatic carbocycles. The third-order valence-corrected chi connectivity index (χ3v) is 4.45. The van der Waals surface area contributed by atoms with Crippen LogP contribution in [0.2, 0.25) is 0 Å². The van der Waals surface area contributed by atoms with Gasteiger partial charge in [0.25, 0.3) is 0 Å². The minimum absolute atomic E-state index is 0.000974. The van der Waals surface area contributed by atoms with Gasteiger partial charge in [0.2, 0.25) is 11.9 Å². The molecule has 26 heavy (non-hydrogen) atoms. The fourth-order valence-corrected chi connectivity index (χ4v) is 3.04. The number of nitrogens with one attached hydrogen (secondary N) is 2. The predicted octanol–water partition coefficient (Wildman–Crippen LogP) is 0.186. The van der Waals surface area contributed by atoms with Crippen LogP contribution in [0.3, 0.4) is 0 Å². The quantitative estimate of drug-likeness (QED) is 0.675. The lowest BCUT2D eigenvalue weighted by Gasteiger charge is -2.34. The first kappa shape index (κ1) is 16.4. The standard InChI is InChI=1S/C17H20N8O/c26-15(21-11-14-13-3-1-4-18-16(13)23-22-14)12-24-7-9-25(10-8-24)17-19-5-2-6-20-17/h1-6H,7-12H2,(H,21,26)(H,18,22,23). The van der Waals surface area contributed by atoms with E-state index in [0.29, 0.717) is 18.7 Å². The monoisotopic (exact) mass is 352 g/mol. The van der Waals surface area contributed by atoms with Crippen LogP contribution in [0.15, 0.2) is 36.8 Å². The average molecular weight is 352 g/mol. The number of nitrogens with zero attached hydrogens (tertiary/aromatic N) is 6. The summed E-state index contributed by atoms with van der Waals surface area (Å²) in [5, 5.41) is 11.0. The van der Waals surface area contributed by atoms with Crippen molar-refractivity contribution in [2.24, 2.45) is 0 Å². The van der Waals surface area contributed by atoms with Crippen LogP contribution in [0.1, 0.15) is 5.69 Å². The van der Waals surface area contributed by atoms with Crippen LogP contribution < -0.4 is 10.2 Å². The van der Waals surface area contributed by atoms with Crippen LogP contribution in [-0.2, 0) is 11.3 Å². The summed E-state index contributed by atoms with van der Waals surface area (Å²) < 4.78 is 0. The number of amides is 1. The molecular formula is C17H20N8O. The summed E-state index contributed by atoms with van der Waals surface area (Å²) in [5.41, 5.74) is 1.53. The highest BCUT2D eigenvalue weighted by Gasteiger charge is 2.20. The Bertz CT molecular complexity index is 873. The number of carbonyl (C=O) groups excluding carboxylic acids is 1. The van der Waals surface area contributed by atoms with E-state index in [2.05, 4.69) is 40.3 Å². The molecule has 0 radical (unpaired) electrons. The zero-order valence-electron chi connectivity index (χ0n) is 14.3. The van der Waals surface area contributed by atoms with Gasteiger partial charge in [0.15, 0.2) is 5.65 Å². The van der Waals surface area contributed by atoms with Crippen molar-refractivity contribution in [3.05, 3.63) is 42.5 Å². The van der Waals surface area contributed by atoms with Gasteiger partial charge in [-0.3, -0.25) is 14.8 Å². The van der Waals surface area contributed by atoms with Crippen molar-refractivity contribution in [1.82, 2.24) is 35.4 Å². The van der Waals surface area contributed by atoms with Crippen molar-refractivity contribution in [2.45, 2.75) is 6.54 Å². The molecule has 134 valence electrons. The lowest BCUT2D eigenvalue weighted by molar-refractivity contribution is -0.122. The van der Waals surface area contributed by atoms with Crippen molar-refractivity contribution in [2.75, 3.05) is 37.6 Å². The molecule has 1 fully saturated rings. The number of hydrogen-bond donors (Lipinski definition) is 2. The summed E-state index contributed by atoms with van der Waals surface area (Å²) >= 11 is 0. The number of rotatable bonds is 5. The van der Waals surface area contributed by atoms with Gasteiger partial charge in [-0.05, 0) is 18.2 Å². The lowest BCUT2D eigenvalue weighted by Crippen LogP contribution is -2.49. The molecule has 3 aromatic heterocycles. The van der Waals surface area contributed by atoms with Gasteiger partial charge in [-0.25, -0.2) is 15.0 Å². The zero-order valence-corrected chi connectivity index (χ0v) is 14.3. The smallest absolute Gasteiger partial charge is 0.234 e. The maximum atomic E-state index is 12.3. The van der Waals surface area contributed by atoms with E-state index in [1.165, 1.54) is 0 Å². The molecule has 0 saturated carbocycles. The Balaban J connectivity index is 1.25. The van der Waals surface area contributed by atoms with Gasteiger partial charge in [-0.2, -0.15) is 5.10 Å². The third-order valence-electron chi connectivity index (χ3n) is 4.45. The molecule has 4 heterocycles. The number of anilines is 1. The zero-order chi connectivity index (χ0) is 17.8. The van der Waals surface area contributed by atoms with Gasteiger partial charge < -0.3 is 10.2 Å². The molecule has 9 nitrogen and oxygen atoms in total. The summed E-state index contributed by atoms with van der Waals surface area (Å²) in [6, 6.07) is 5.61. The van der Waals surface area contributed by atoms with Crippen molar-refractivity contribution in [3.8, 4) is 0 Å². The first-order chi connectivity index (χ1) is 12.8. The molecule has 0 spiro atoms. The molecule has 0 aliphatic carbocycles. The number of piperazine rings is 1. The van der Waals surface area contributed by atoms with Crippen molar-refractivity contribution < 1.29 is 4.79 Å². The van der Waals surface area contributed by atoms with Crippen LogP contribution in [0, 0.1) is 0 Å². The predicted molar refractivity (Wildman–Crippen MR) is 96.4 cm³/mol. The van der Waals surface area contributed by atoms with Crippen molar-refractivity contribution in [1.29, 1.82) is 0 Å². The summed E-state index contributed by atoms with van der Waals surface area (Å²) in [5.74, 6) is 0.748. The van der Waals surface area contributed by atoms with Gasteiger partial charge in [0.05, 0.1) is 18.8 Å². The highest BCUT2D eigenvalue weighted by atomic mass is 16.2. The molecule has 4 rings (SSSR count). The van der Waals surface area contributed by atoms with Gasteiger partial charge in [-0.15, -0.1) is 0 Å². The van der Waals surface area contributed by atoms with Gasteiger partial charge in [0.1, 0.15) is 0 Å². The number of H-pyrrole nitrogens is 1. The maximum absolute atomic E-state index is 12.3. The summed E-state index contributed by atoms with van der Waals surface area (Å²) in [6.07, 6.45) is 5.19. The second-order valence-corrected chi connectivity index (χ2v) is 6.17. The Hall–Kier alpha value is -3.07. The van der Waals surface area contributed by atoms with Crippen LogP contribution in [0.5, 0.6) is 0 Å². The molecule has 0 unspecified atom stereocenters. The van der Waals surface area contributed by atoms with Crippen molar-refractivity contribution in [3.63, 3.8) is 0 Å². The highest BCUT2D eigenvalue weighted by Crippen LogP contribution is 2.12. The molecule has 9 heteroatoms. The Kier molecular flexibility index (Phi) is 4.69. The molecule has 1 saturated heterocycles. The van der Waals surface area contributed by atoms with Crippen LogP contribution >= 0.6 is 0 Å². The Morgan fingerprint density at radius 1 is 1.08 bits per heavy atom. The van der Waals surface area contributed by atoms with Gasteiger partial charge >= 0.3 is 0 Å². The summed E-state index contributed by atoms with van der Waals surface area (Å²) in [6.45, 7) is 4.04. The van der Waals surface area contributed by atoms with E-state index in [1.54, 1.807) is 18.6 Å². The maximum Gasteiger partial charge on any atom is 0.234 e. The number of carbonyl (C=O) groups is 1. The number of hydrogen-bond acceptors (Lipinski definition) is 7. The lowest BCUT2D eigenvalue weighted by atomic mass is 10.2. The average Bonchev–Trinajstić information content (AvgIpc) is 3.11. The van der Waals surface area contributed by atoms with E-state index in [-0.39, 0.29) is 5.91 Å². The first-order valence-electron chi connectivity index (χ1n) is 8.58. The minimum atomic E-state index is 0.000974. The number of fused-ring (bicyclic) bond motifs is 1. The van der Waals surface area contributed by atoms with Crippen LogP contribution in [0.4, 0.5) is 5.95 Å². The normalized spacial score (nSPS) is 15.3. The SMILES string of the molecule is O=C(CN1CCN(c2ncccn2)CC1)NCc1[nH]nc2ncccc12. The second kappa shape index (κ2) is 7.44. The van der Waals surface area contributed by atoms with E-state index < -0.39 is 0 Å². The molecule has 3 aromatic rings. The largest absolute Gasteiger partial charge is 0.349 e. The Morgan fingerprint density at radius 3 is 2.65 bits per heavy atom. The van der Waals surface area contributed by atoms with Crippen LogP contribution in [-0.4, -0.2) is 68.7 Å². The topological polar surface area (TPSA) is 103 Å². The fourth-order valence-electron chi connectivity index (χ4n) is 3.04. The molecular weight excluding hydrogens is 332 g/mol. The first-order valence-corrected chi connectivity index (χ1v) is 8.58. The third kappa shape index (κ3) is 3.62. The summed E-state index contributed by atoms with van der Waals surface area (Å²) in [4.78, 5) is 29.3. The van der Waals surface area contributed by atoms with E-state index in [4.69, 9.17) is 0 Å². The number of aromatic amines is 1. The highest BCUT2D eigenvalue weighted by molar-refractivity contribution is 5.80. The Morgan fingerprint density at radius 2 is 1.85 bits per heavy atom. The van der Waals surface area contributed by atoms with Gasteiger partial charge in [0, 0.05) is 50.2 Å². The second-order valence-electron chi connectivity index (χ2n) is 6.17. The molecule has 2 N–H and O–H groups in total. The van der Waals surface area contributed by atoms with Gasteiger partial charge in [-0.1, -0.05) is 0 Å². The van der Waals surface area contributed by atoms with Crippen LogP contribution in [0.25, 0.3) is 11.0 Å². The number of pyridine rings is 1. The summed E-state index contributed by atoms with van der Waals surface area (Å²) in [7, 11) is 0. The number of aromatic nitrogens is 5. The molecule has 1 amide bonds. The van der Waals surface area contributed by atoms with E-state index in [0.717, 1.165) is 43.2 Å². The molecule has 1 aliphatic heterocycles.